The molecular formula is C15H27N3O3. The number of amides is 1. The van der Waals surface area contributed by atoms with E-state index >= 15 is 0 Å². The number of hydrogen-bond acceptors (Lipinski definition) is 4. The lowest BCUT2D eigenvalue weighted by molar-refractivity contribution is -0.137. The Labute approximate surface area is 126 Å². The third-order valence-corrected chi connectivity index (χ3v) is 4.63. The van der Waals surface area contributed by atoms with Gasteiger partial charge in [-0.3, -0.25) is 14.5 Å². The normalized spacial score (nSPS) is 25.0. The van der Waals surface area contributed by atoms with E-state index < -0.39 is 5.97 Å². The van der Waals surface area contributed by atoms with Crippen LogP contribution in [0.5, 0.6) is 0 Å². The molecule has 6 heteroatoms. The number of nitrogens with two attached hydrogens (primary N) is 1. The van der Waals surface area contributed by atoms with Crippen LogP contribution >= 0.6 is 0 Å². The third kappa shape index (κ3) is 5.28. The van der Waals surface area contributed by atoms with Crippen molar-refractivity contribution in [2.24, 2.45) is 11.7 Å². The number of piperidine rings is 2. The fourth-order valence-electron chi connectivity index (χ4n) is 3.26. The number of carboxylic acid groups (broad SMARTS) is 1. The molecule has 2 heterocycles. The number of carbonyl (C=O) groups is 2. The van der Waals surface area contributed by atoms with Gasteiger partial charge in [0.1, 0.15) is 0 Å². The van der Waals surface area contributed by atoms with Crippen LogP contribution in [0.25, 0.3) is 0 Å². The molecule has 1 atom stereocenters. The Hall–Kier alpha value is -1.14. The van der Waals surface area contributed by atoms with E-state index in [4.69, 9.17) is 10.8 Å². The zero-order valence-corrected chi connectivity index (χ0v) is 12.7. The Balaban J connectivity index is 1.75. The third-order valence-electron chi connectivity index (χ3n) is 4.63. The van der Waals surface area contributed by atoms with Crippen LogP contribution in [0.1, 0.15) is 38.5 Å². The molecule has 0 spiro atoms. The van der Waals surface area contributed by atoms with E-state index in [-0.39, 0.29) is 18.4 Å². The molecule has 1 unspecified atom stereocenters. The van der Waals surface area contributed by atoms with E-state index in [0.29, 0.717) is 18.9 Å². The number of rotatable bonds is 5. The van der Waals surface area contributed by atoms with Crippen molar-refractivity contribution in [1.82, 2.24) is 9.80 Å². The average molecular weight is 297 g/mol. The largest absolute Gasteiger partial charge is 0.481 e. The first kappa shape index (κ1) is 16.2. The molecule has 0 aromatic rings. The van der Waals surface area contributed by atoms with Crippen LogP contribution in [-0.4, -0.2) is 65.5 Å². The van der Waals surface area contributed by atoms with Crippen molar-refractivity contribution in [2.75, 3.05) is 32.7 Å². The van der Waals surface area contributed by atoms with Crippen molar-refractivity contribution < 1.29 is 14.7 Å². The van der Waals surface area contributed by atoms with Crippen LogP contribution < -0.4 is 5.73 Å². The molecule has 21 heavy (non-hydrogen) atoms. The Morgan fingerprint density at radius 2 is 1.86 bits per heavy atom. The Bertz CT molecular complexity index is 367. The summed E-state index contributed by atoms with van der Waals surface area (Å²) in [5, 5.41) is 8.76. The minimum absolute atomic E-state index is 0.186. The summed E-state index contributed by atoms with van der Waals surface area (Å²) in [6.07, 6.45) is 4.84. The highest BCUT2D eigenvalue weighted by atomic mass is 16.4. The summed E-state index contributed by atoms with van der Waals surface area (Å²) in [6, 6.07) is 0.284. The van der Waals surface area contributed by atoms with E-state index in [0.717, 1.165) is 51.9 Å². The van der Waals surface area contributed by atoms with Crippen LogP contribution in [0.4, 0.5) is 0 Å². The highest BCUT2D eigenvalue weighted by molar-refractivity contribution is 5.78. The minimum Gasteiger partial charge on any atom is -0.481 e. The van der Waals surface area contributed by atoms with Crippen molar-refractivity contribution in [3.63, 3.8) is 0 Å². The van der Waals surface area contributed by atoms with Gasteiger partial charge in [-0.05, 0) is 38.0 Å². The van der Waals surface area contributed by atoms with Gasteiger partial charge in [0.15, 0.2) is 0 Å². The molecule has 1 amide bonds. The summed E-state index contributed by atoms with van der Waals surface area (Å²) < 4.78 is 0. The Morgan fingerprint density at radius 1 is 1.14 bits per heavy atom. The van der Waals surface area contributed by atoms with E-state index in [1.807, 2.05) is 4.90 Å². The van der Waals surface area contributed by atoms with Crippen molar-refractivity contribution >= 4 is 11.9 Å². The first-order chi connectivity index (χ1) is 10.0. The topological polar surface area (TPSA) is 86.9 Å². The number of carboxylic acids is 1. The number of likely N-dealkylation sites (tertiary alicyclic amines) is 2. The molecule has 2 aliphatic heterocycles. The quantitative estimate of drug-likeness (QED) is 0.772. The smallest absolute Gasteiger partial charge is 0.303 e. The molecule has 0 aromatic carbocycles. The fourth-order valence-corrected chi connectivity index (χ4v) is 3.26. The number of aliphatic carboxylic acids is 1. The molecule has 6 nitrogen and oxygen atoms in total. The zero-order chi connectivity index (χ0) is 15.2. The minimum atomic E-state index is -0.747. The van der Waals surface area contributed by atoms with Crippen LogP contribution in [-0.2, 0) is 9.59 Å². The van der Waals surface area contributed by atoms with Crippen LogP contribution in [0.15, 0.2) is 0 Å². The van der Waals surface area contributed by atoms with Crippen LogP contribution in [0.2, 0.25) is 0 Å². The van der Waals surface area contributed by atoms with Gasteiger partial charge in [-0.1, -0.05) is 0 Å². The van der Waals surface area contributed by atoms with Gasteiger partial charge in [0.05, 0.1) is 6.54 Å². The maximum atomic E-state index is 12.4. The molecule has 0 aliphatic carbocycles. The summed E-state index contributed by atoms with van der Waals surface area (Å²) in [5.41, 5.74) is 5.88. The second-order valence-corrected chi connectivity index (χ2v) is 6.39. The van der Waals surface area contributed by atoms with Crippen molar-refractivity contribution in [3.8, 4) is 0 Å². The molecule has 0 saturated carbocycles. The predicted molar refractivity (Wildman–Crippen MR) is 79.8 cm³/mol. The number of hydrogen-bond donors (Lipinski definition) is 2. The molecule has 0 aromatic heterocycles. The zero-order valence-electron chi connectivity index (χ0n) is 12.7. The summed E-state index contributed by atoms with van der Waals surface area (Å²) in [4.78, 5) is 27.1. The average Bonchev–Trinajstić information content (AvgIpc) is 2.48. The standard InChI is InChI=1S/C15H27N3O3/c16-13-5-8-17(9-6-13)11-14(19)18-7-1-2-12(10-18)3-4-15(20)21/h12-13H,1-11,16H2,(H,20,21). The second kappa shape index (κ2) is 7.75. The molecule has 3 N–H and O–H groups in total. The Kier molecular flexibility index (Phi) is 5.99. The lowest BCUT2D eigenvalue weighted by Gasteiger charge is -2.35. The summed E-state index contributed by atoms with van der Waals surface area (Å²) >= 11 is 0. The Morgan fingerprint density at radius 3 is 2.52 bits per heavy atom. The van der Waals surface area contributed by atoms with Gasteiger partial charge < -0.3 is 15.7 Å². The SMILES string of the molecule is NC1CCN(CC(=O)N2CCCC(CCC(=O)O)C2)CC1. The molecule has 2 rings (SSSR count). The van der Waals surface area contributed by atoms with Gasteiger partial charge >= 0.3 is 5.97 Å². The van der Waals surface area contributed by atoms with Crippen LogP contribution in [0, 0.1) is 5.92 Å². The van der Waals surface area contributed by atoms with Gasteiger partial charge in [0, 0.05) is 38.6 Å². The van der Waals surface area contributed by atoms with Gasteiger partial charge in [0.25, 0.3) is 0 Å². The summed E-state index contributed by atoms with van der Waals surface area (Å²) in [6.45, 7) is 3.83. The lowest BCUT2D eigenvalue weighted by Crippen LogP contribution is -2.48. The van der Waals surface area contributed by atoms with E-state index in [9.17, 15) is 9.59 Å². The molecule has 2 saturated heterocycles. The first-order valence-electron chi connectivity index (χ1n) is 8.02. The van der Waals surface area contributed by atoms with Gasteiger partial charge in [-0.15, -0.1) is 0 Å². The predicted octanol–water partition coefficient (Wildman–Crippen LogP) is 0.513. The molecule has 120 valence electrons. The summed E-state index contributed by atoms with van der Waals surface area (Å²) in [5.74, 6) is -0.220. The molecule has 0 radical (unpaired) electrons. The fraction of sp³-hybridized carbons (Fsp3) is 0.867. The molecule has 0 bridgehead atoms. The molecular weight excluding hydrogens is 270 g/mol. The van der Waals surface area contributed by atoms with E-state index in [1.165, 1.54) is 0 Å². The maximum absolute atomic E-state index is 12.4. The summed E-state index contributed by atoms with van der Waals surface area (Å²) in [7, 11) is 0. The van der Waals surface area contributed by atoms with Crippen molar-refractivity contribution in [1.29, 1.82) is 0 Å². The highest BCUT2D eigenvalue weighted by Crippen LogP contribution is 2.21. The molecule has 2 aliphatic rings. The van der Waals surface area contributed by atoms with E-state index in [2.05, 4.69) is 4.90 Å². The number of nitrogens with zero attached hydrogens (tertiary/aromatic N) is 2. The van der Waals surface area contributed by atoms with Crippen molar-refractivity contribution in [2.45, 2.75) is 44.6 Å². The van der Waals surface area contributed by atoms with Gasteiger partial charge in [0.2, 0.25) is 5.91 Å². The van der Waals surface area contributed by atoms with Crippen LogP contribution in [0.3, 0.4) is 0 Å². The maximum Gasteiger partial charge on any atom is 0.303 e. The second-order valence-electron chi connectivity index (χ2n) is 6.39. The monoisotopic (exact) mass is 297 g/mol. The first-order valence-corrected chi connectivity index (χ1v) is 8.02. The van der Waals surface area contributed by atoms with Gasteiger partial charge in [-0.25, -0.2) is 0 Å². The van der Waals surface area contributed by atoms with E-state index in [1.54, 1.807) is 0 Å². The lowest BCUT2D eigenvalue weighted by atomic mass is 9.93. The highest BCUT2D eigenvalue weighted by Gasteiger charge is 2.26. The number of carbonyl (C=O) groups excluding carboxylic acids is 1. The molecule has 2 fully saturated rings. The van der Waals surface area contributed by atoms with Gasteiger partial charge in [-0.2, -0.15) is 0 Å². The van der Waals surface area contributed by atoms with Crippen molar-refractivity contribution in [3.05, 3.63) is 0 Å².